The molecule has 1 amide bonds. The third-order valence-corrected chi connectivity index (χ3v) is 3.02. The molecule has 0 radical (unpaired) electrons. The molecule has 0 aliphatic carbocycles. The van der Waals surface area contributed by atoms with Crippen molar-refractivity contribution < 1.29 is 9.53 Å². The van der Waals surface area contributed by atoms with Crippen molar-refractivity contribution >= 4 is 6.09 Å². The van der Waals surface area contributed by atoms with Crippen molar-refractivity contribution in [2.24, 2.45) is 7.05 Å². The van der Waals surface area contributed by atoms with E-state index in [0.29, 0.717) is 6.54 Å². The summed E-state index contributed by atoms with van der Waals surface area (Å²) in [6.45, 7) is 8.99. The van der Waals surface area contributed by atoms with Gasteiger partial charge in [-0.05, 0) is 33.3 Å². The van der Waals surface area contributed by atoms with Crippen molar-refractivity contribution in [3.8, 4) is 0 Å². The number of rotatable bonds is 7. The molecule has 0 spiro atoms. The Bertz CT molecular complexity index is 437. The summed E-state index contributed by atoms with van der Waals surface area (Å²) in [5.41, 5.74) is 0.653. The van der Waals surface area contributed by atoms with Gasteiger partial charge in [0.25, 0.3) is 0 Å². The molecular formula is C15H28N4O2. The highest BCUT2D eigenvalue weighted by atomic mass is 16.6. The molecule has 6 nitrogen and oxygen atoms in total. The lowest BCUT2D eigenvalue weighted by atomic mass is 10.1. The molecule has 0 aliphatic heterocycles. The van der Waals surface area contributed by atoms with E-state index in [1.165, 1.54) is 0 Å². The predicted octanol–water partition coefficient (Wildman–Crippen LogP) is 2.20. The Balaban J connectivity index is 2.39. The van der Waals surface area contributed by atoms with E-state index >= 15 is 0 Å². The number of carbonyl (C=O) groups excluding carboxylic acids is 1. The molecule has 1 heterocycles. The molecule has 21 heavy (non-hydrogen) atoms. The quantitative estimate of drug-likeness (QED) is 0.809. The Morgan fingerprint density at radius 2 is 2.19 bits per heavy atom. The van der Waals surface area contributed by atoms with E-state index in [1.807, 2.05) is 38.6 Å². The smallest absolute Gasteiger partial charge is 0.407 e. The lowest BCUT2D eigenvalue weighted by Gasteiger charge is -2.22. The van der Waals surface area contributed by atoms with Crippen LogP contribution in [0.25, 0.3) is 0 Å². The number of nitrogens with zero attached hydrogens (tertiary/aromatic N) is 2. The Kier molecular flexibility index (Phi) is 6.68. The zero-order valence-electron chi connectivity index (χ0n) is 13.8. The molecule has 1 atom stereocenters. The second-order valence-corrected chi connectivity index (χ2v) is 6.20. The molecule has 1 aromatic rings. The molecular weight excluding hydrogens is 268 g/mol. The summed E-state index contributed by atoms with van der Waals surface area (Å²) < 4.78 is 7.09. The largest absolute Gasteiger partial charge is 0.444 e. The molecule has 120 valence electrons. The van der Waals surface area contributed by atoms with Crippen LogP contribution in [0.5, 0.6) is 0 Å². The fourth-order valence-electron chi connectivity index (χ4n) is 1.97. The second-order valence-electron chi connectivity index (χ2n) is 6.20. The van der Waals surface area contributed by atoms with Gasteiger partial charge in [0.05, 0.1) is 5.69 Å². The molecule has 0 aromatic carbocycles. The number of alkyl carbamates (subject to hydrolysis) is 1. The number of aryl methyl sites for hydroxylation is 1. The second kappa shape index (κ2) is 8.02. The molecule has 1 rings (SSSR count). The van der Waals surface area contributed by atoms with Gasteiger partial charge in [0, 0.05) is 32.4 Å². The molecule has 1 unspecified atom stereocenters. The average Bonchev–Trinajstić information content (AvgIpc) is 2.76. The van der Waals surface area contributed by atoms with Crippen molar-refractivity contribution in [1.29, 1.82) is 0 Å². The summed E-state index contributed by atoms with van der Waals surface area (Å²) >= 11 is 0. The summed E-state index contributed by atoms with van der Waals surface area (Å²) in [5.74, 6) is 0. The van der Waals surface area contributed by atoms with Gasteiger partial charge in [-0.3, -0.25) is 4.68 Å². The van der Waals surface area contributed by atoms with Crippen molar-refractivity contribution in [3.05, 3.63) is 18.0 Å². The maximum Gasteiger partial charge on any atom is 0.407 e. The molecule has 2 N–H and O–H groups in total. The highest BCUT2D eigenvalue weighted by Crippen LogP contribution is 2.06. The number of carbonyl (C=O) groups is 1. The van der Waals surface area contributed by atoms with Crippen LogP contribution in [-0.4, -0.2) is 34.1 Å². The van der Waals surface area contributed by atoms with Crippen LogP contribution in [0.4, 0.5) is 4.79 Å². The number of nitrogens with one attached hydrogen (secondary N) is 2. The van der Waals surface area contributed by atoms with Crippen molar-refractivity contribution in [2.45, 2.75) is 58.7 Å². The summed E-state index contributed by atoms with van der Waals surface area (Å²) in [5, 5.41) is 10.4. The van der Waals surface area contributed by atoms with Gasteiger partial charge < -0.3 is 15.4 Å². The SMILES string of the molecule is CCCC(CNC(=O)OC(C)(C)C)NCc1ccnn1C. The van der Waals surface area contributed by atoms with Crippen LogP contribution in [0, 0.1) is 0 Å². The van der Waals surface area contributed by atoms with Crippen LogP contribution in [0.3, 0.4) is 0 Å². The number of aromatic nitrogens is 2. The van der Waals surface area contributed by atoms with Crippen LogP contribution in [-0.2, 0) is 18.3 Å². The Morgan fingerprint density at radius 1 is 1.48 bits per heavy atom. The molecule has 0 fully saturated rings. The highest BCUT2D eigenvalue weighted by molar-refractivity contribution is 5.67. The van der Waals surface area contributed by atoms with E-state index in [0.717, 1.165) is 25.1 Å². The minimum absolute atomic E-state index is 0.220. The van der Waals surface area contributed by atoms with Gasteiger partial charge in [-0.2, -0.15) is 5.10 Å². The third kappa shape index (κ3) is 7.13. The Labute approximate surface area is 127 Å². The first-order valence-corrected chi connectivity index (χ1v) is 7.49. The molecule has 0 saturated carbocycles. The van der Waals surface area contributed by atoms with Crippen LogP contribution >= 0.6 is 0 Å². The Morgan fingerprint density at radius 3 is 2.71 bits per heavy atom. The number of ether oxygens (including phenoxy) is 1. The summed E-state index contributed by atoms with van der Waals surface area (Å²) in [6, 6.07) is 2.20. The van der Waals surface area contributed by atoms with Crippen molar-refractivity contribution in [3.63, 3.8) is 0 Å². The van der Waals surface area contributed by atoms with E-state index in [9.17, 15) is 4.79 Å². The zero-order valence-corrected chi connectivity index (χ0v) is 13.8. The zero-order chi connectivity index (χ0) is 15.9. The van der Waals surface area contributed by atoms with Crippen LogP contribution in [0.2, 0.25) is 0 Å². The fraction of sp³-hybridized carbons (Fsp3) is 0.733. The molecule has 1 aromatic heterocycles. The van der Waals surface area contributed by atoms with Gasteiger partial charge in [-0.15, -0.1) is 0 Å². The van der Waals surface area contributed by atoms with Gasteiger partial charge in [-0.25, -0.2) is 4.79 Å². The number of hydrogen-bond acceptors (Lipinski definition) is 4. The minimum atomic E-state index is -0.466. The monoisotopic (exact) mass is 296 g/mol. The van der Waals surface area contributed by atoms with Gasteiger partial charge in [-0.1, -0.05) is 13.3 Å². The van der Waals surface area contributed by atoms with E-state index in [2.05, 4.69) is 22.7 Å². The van der Waals surface area contributed by atoms with Crippen molar-refractivity contribution in [1.82, 2.24) is 20.4 Å². The molecule has 0 saturated heterocycles. The van der Waals surface area contributed by atoms with E-state index in [-0.39, 0.29) is 12.1 Å². The summed E-state index contributed by atoms with van der Waals surface area (Å²) in [6.07, 6.45) is 3.46. The first kappa shape index (κ1) is 17.5. The lowest BCUT2D eigenvalue weighted by Crippen LogP contribution is -2.42. The van der Waals surface area contributed by atoms with E-state index < -0.39 is 5.60 Å². The number of hydrogen-bond donors (Lipinski definition) is 2. The standard InChI is InChI=1S/C15H28N4O2/c1-6-7-12(10-17-14(20)21-15(2,3)4)16-11-13-8-9-18-19(13)5/h8-9,12,16H,6-7,10-11H2,1-5H3,(H,17,20). The minimum Gasteiger partial charge on any atom is -0.444 e. The first-order valence-electron chi connectivity index (χ1n) is 7.49. The maximum atomic E-state index is 11.7. The fourth-order valence-corrected chi connectivity index (χ4v) is 1.97. The summed E-state index contributed by atoms with van der Waals surface area (Å²) in [7, 11) is 1.92. The van der Waals surface area contributed by atoms with Crippen LogP contribution < -0.4 is 10.6 Å². The van der Waals surface area contributed by atoms with Gasteiger partial charge in [0.15, 0.2) is 0 Å². The van der Waals surface area contributed by atoms with Gasteiger partial charge >= 0.3 is 6.09 Å². The average molecular weight is 296 g/mol. The molecule has 0 bridgehead atoms. The highest BCUT2D eigenvalue weighted by Gasteiger charge is 2.17. The maximum absolute atomic E-state index is 11.7. The normalized spacial score (nSPS) is 13.0. The van der Waals surface area contributed by atoms with E-state index in [4.69, 9.17) is 4.74 Å². The first-order chi connectivity index (χ1) is 9.81. The van der Waals surface area contributed by atoms with E-state index in [1.54, 1.807) is 6.20 Å². The van der Waals surface area contributed by atoms with Gasteiger partial charge in [0.1, 0.15) is 5.60 Å². The number of amides is 1. The third-order valence-electron chi connectivity index (χ3n) is 3.02. The summed E-state index contributed by atoms with van der Waals surface area (Å²) in [4.78, 5) is 11.7. The van der Waals surface area contributed by atoms with Crippen LogP contribution in [0.1, 0.15) is 46.2 Å². The lowest BCUT2D eigenvalue weighted by molar-refractivity contribution is 0.0521. The van der Waals surface area contributed by atoms with Gasteiger partial charge in [0.2, 0.25) is 0 Å². The molecule has 6 heteroatoms. The predicted molar refractivity (Wildman–Crippen MR) is 83.0 cm³/mol. The topological polar surface area (TPSA) is 68.2 Å². The van der Waals surface area contributed by atoms with Crippen molar-refractivity contribution in [2.75, 3.05) is 6.54 Å². The molecule has 0 aliphatic rings. The Hall–Kier alpha value is -1.56. The van der Waals surface area contributed by atoms with Crippen LogP contribution in [0.15, 0.2) is 12.3 Å².